The van der Waals surface area contributed by atoms with Gasteiger partial charge in [-0.05, 0) is 44.3 Å². The van der Waals surface area contributed by atoms with Gasteiger partial charge in [0.05, 0.1) is 25.0 Å². The van der Waals surface area contributed by atoms with E-state index in [9.17, 15) is 14.4 Å². The van der Waals surface area contributed by atoms with E-state index in [1.54, 1.807) is 55.3 Å². The van der Waals surface area contributed by atoms with Crippen LogP contribution in [0.15, 0.2) is 58.3 Å². The van der Waals surface area contributed by atoms with Gasteiger partial charge in [0, 0.05) is 23.0 Å². The molecule has 2 aromatic rings. The number of nitrogens with one attached hydrogen (secondary N) is 3. The lowest BCUT2D eigenvalue weighted by Crippen LogP contribution is -2.48. The van der Waals surface area contributed by atoms with Gasteiger partial charge in [0.25, 0.3) is 0 Å². The molecule has 9 nitrogen and oxygen atoms in total. The van der Waals surface area contributed by atoms with Crippen LogP contribution < -0.4 is 16.0 Å². The Labute approximate surface area is 184 Å². The fraction of sp³-hybridized carbons (Fsp3) is 0.286. The van der Waals surface area contributed by atoms with Crippen molar-refractivity contribution >= 4 is 35.2 Å². The molecule has 1 aliphatic rings. The van der Waals surface area contributed by atoms with Gasteiger partial charge in [0.15, 0.2) is 0 Å². The third-order valence-electron chi connectivity index (χ3n) is 4.43. The number of esters is 1. The van der Waals surface area contributed by atoms with Crippen molar-refractivity contribution in [2.45, 2.75) is 13.0 Å². The zero-order valence-electron chi connectivity index (χ0n) is 17.1. The minimum atomic E-state index is -0.800. The molecule has 1 atom stereocenters. The fourth-order valence-electron chi connectivity index (χ4n) is 3.20. The van der Waals surface area contributed by atoms with Crippen LogP contribution in [0.2, 0.25) is 5.02 Å². The Balaban J connectivity index is 1.77. The van der Waals surface area contributed by atoms with Gasteiger partial charge in [-0.25, -0.2) is 9.59 Å². The average Bonchev–Trinajstić information content (AvgIpc) is 3.22. The number of amides is 3. The topological polar surface area (TPSA) is 113 Å². The number of carbonyl (C=O) groups is 3. The average molecular weight is 447 g/mol. The number of rotatable bonds is 8. The standard InChI is InChI=1S/C21H23ClN4O5/c1-3-30-20(28)18-15(24-21(29)25-19(18)16-8-5-9-31-16)11-26(2)12-17(27)23-14-7-4-6-13(22)10-14/h4-10,19H,3,11-12H2,1-2H3,(H,23,27)(H2,24,25,29). The quantitative estimate of drug-likeness (QED) is 0.537. The molecule has 10 heteroatoms. The van der Waals surface area contributed by atoms with Crippen molar-refractivity contribution in [1.82, 2.24) is 15.5 Å². The Hall–Kier alpha value is -3.30. The second-order valence-corrected chi connectivity index (χ2v) is 7.33. The largest absolute Gasteiger partial charge is 0.467 e. The summed E-state index contributed by atoms with van der Waals surface area (Å²) < 4.78 is 10.6. The molecule has 1 aliphatic heterocycles. The summed E-state index contributed by atoms with van der Waals surface area (Å²) in [5.41, 5.74) is 1.13. The van der Waals surface area contributed by atoms with E-state index in [1.807, 2.05) is 0 Å². The smallest absolute Gasteiger partial charge is 0.338 e. The summed E-state index contributed by atoms with van der Waals surface area (Å²) in [7, 11) is 1.70. The third-order valence-corrected chi connectivity index (χ3v) is 4.66. The second kappa shape index (κ2) is 10.1. The van der Waals surface area contributed by atoms with E-state index in [0.717, 1.165) is 0 Å². The van der Waals surface area contributed by atoms with Crippen molar-refractivity contribution in [3.8, 4) is 0 Å². The highest BCUT2D eigenvalue weighted by Crippen LogP contribution is 2.28. The molecular weight excluding hydrogens is 424 g/mol. The van der Waals surface area contributed by atoms with Gasteiger partial charge in [0.1, 0.15) is 11.8 Å². The summed E-state index contributed by atoms with van der Waals surface area (Å²) >= 11 is 5.94. The number of likely N-dealkylation sites (N-methyl/N-ethyl adjacent to an activating group) is 1. The number of hydrogen-bond donors (Lipinski definition) is 3. The Kier molecular flexibility index (Phi) is 7.32. The molecule has 31 heavy (non-hydrogen) atoms. The molecule has 3 N–H and O–H groups in total. The molecule has 164 valence electrons. The summed E-state index contributed by atoms with van der Waals surface area (Å²) in [5, 5.41) is 8.60. The van der Waals surface area contributed by atoms with Crippen LogP contribution in [0.1, 0.15) is 18.7 Å². The van der Waals surface area contributed by atoms with E-state index < -0.39 is 18.0 Å². The monoisotopic (exact) mass is 446 g/mol. The Bertz CT molecular complexity index is 989. The molecule has 2 heterocycles. The molecule has 0 saturated carbocycles. The van der Waals surface area contributed by atoms with Gasteiger partial charge in [-0.3, -0.25) is 9.69 Å². The van der Waals surface area contributed by atoms with Crippen LogP contribution in [0.4, 0.5) is 10.5 Å². The van der Waals surface area contributed by atoms with Crippen molar-refractivity contribution in [1.29, 1.82) is 0 Å². The summed E-state index contributed by atoms with van der Waals surface area (Å²) in [6.45, 7) is 2.01. The summed E-state index contributed by atoms with van der Waals surface area (Å²) in [6.07, 6.45) is 1.46. The van der Waals surface area contributed by atoms with Gasteiger partial charge >= 0.3 is 12.0 Å². The van der Waals surface area contributed by atoms with E-state index in [1.165, 1.54) is 6.26 Å². The normalized spacial score (nSPS) is 16.0. The zero-order valence-corrected chi connectivity index (χ0v) is 17.9. The van der Waals surface area contributed by atoms with E-state index in [4.69, 9.17) is 20.8 Å². The highest BCUT2D eigenvalue weighted by molar-refractivity contribution is 6.30. The lowest BCUT2D eigenvalue weighted by molar-refractivity contribution is -0.139. The second-order valence-electron chi connectivity index (χ2n) is 6.89. The first kappa shape index (κ1) is 22.4. The molecule has 0 spiro atoms. The molecule has 0 fully saturated rings. The third kappa shape index (κ3) is 5.87. The van der Waals surface area contributed by atoms with E-state index in [2.05, 4.69) is 16.0 Å². The first-order valence-corrected chi connectivity index (χ1v) is 10.00. The van der Waals surface area contributed by atoms with Crippen molar-refractivity contribution in [2.24, 2.45) is 0 Å². The first-order chi connectivity index (χ1) is 14.9. The number of urea groups is 1. The van der Waals surface area contributed by atoms with Crippen molar-refractivity contribution < 1.29 is 23.5 Å². The van der Waals surface area contributed by atoms with Gasteiger partial charge in [-0.1, -0.05) is 17.7 Å². The predicted octanol–water partition coefficient (Wildman–Crippen LogP) is 2.67. The molecule has 0 aliphatic carbocycles. The maximum Gasteiger partial charge on any atom is 0.338 e. The van der Waals surface area contributed by atoms with E-state index >= 15 is 0 Å². The molecule has 1 aromatic carbocycles. The Morgan fingerprint density at radius 1 is 1.29 bits per heavy atom. The maximum absolute atomic E-state index is 12.7. The van der Waals surface area contributed by atoms with Gasteiger partial charge < -0.3 is 25.1 Å². The number of benzene rings is 1. The SMILES string of the molecule is CCOC(=O)C1=C(CN(C)CC(=O)Nc2cccc(Cl)c2)NC(=O)NC1c1ccco1. The van der Waals surface area contributed by atoms with E-state index in [-0.39, 0.29) is 31.2 Å². The number of carbonyl (C=O) groups excluding carboxylic acids is 3. The highest BCUT2D eigenvalue weighted by atomic mass is 35.5. The molecule has 0 radical (unpaired) electrons. The number of nitrogens with zero attached hydrogens (tertiary/aromatic N) is 1. The van der Waals surface area contributed by atoms with Crippen molar-refractivity contribution in [3.05, 3.63) is 64.7 Å². The summed E-state index contributed by atoms with van der Waals surface area (Å²) in [5.74, 6) is -0.453. The summed E-state index contributed by atoms with van der Waals surface area (Å²) in [6, 6.07) is 8.86. The van der Waals surface area contributed by atoms with Crippen molar-refractivity contribution in [2.75, 3.05) is 32.1 Å². The van der Waals surface area contributed by atoms with Crippen molar-refractivity contribution in [3.63, 3.8) is 0 Å². The van der Waals surface area contributed by atoms with Gasteiger partial charge in [-0.2, -0.15) is 0 Å². The van der Waals surface area contributed by atoms with Crippen LogP contribution in [0, 0.1) is 0 Å². The van der Waals surface area contributed by atoms with Gasteiger partial charge in [0.2, 0.25) is 5.91 Å². The maximum atomic E-state index is 12.7. The van der Waals surface area contributed by atoms with Crippen LogP contribution in [0.5, 0.6) is 0 Å². The zero-order chi connectivity index (χ0) is 22.4. The Morgan fingerprint density at radius 2 is 2.10 bits per heavy atom. The fourth-order valence-corrected chi connectivity index (χ4v) is 3.39. The van der Waals surface area contributed by atoms with Crippen LogP contribution in [0.25, 0.3) is 0 Å². The molecular formula is C21H23ClN4O5. The summed E-state index contributed by atoms with van der Waals surface area (Å²) in [4.78, 5) is 39.0. The number of halogens is 1. The Morgan fingerprint density at radius 3 is 2.77 bits per heavy atom. The minimum Gasteiger partial charge on any atom is -0.467 e. The lowest BCUT2D eigenvalue weighted by Gasteiger charge is -2.29. The number of anilines is 1. The minimum absolute atomic E-state index is 0.0147. The van der Waals surface area contributed by atoms with Crippen LogP contribution in [-0.2, 0) is 14.3 Å². The molecule has 3 rings (SSSR count). The molecule has 1 aromatic heterocycles. The molecule has 3 amide bonds. The van der Waals surface area contributed by atoms with Gasteiger partial charge in [-0.15, -0.1) is 0 Å². The lowest BCUT2D eigenvalue weighted by atomic mass is 10.00. The van der Waals surface area contributed by atoms with Crippen LogP contribution in [0.3, 0.4) is 0 Å². The molecule has 0 bridgehead atoms. The highest BCUT2D eigenvalue weighted by Gasteiger charge is 2.35. The number of furan rings is 1. The van der Waals surface area contributed by atoms with Crippen LogP contribution >= 0.6 is 11.6 Å². The first-order valence-electron chi connectivity index (χ1n) is 9.62. The molecule has 0 saturated heterocycles. The number of hydrogen-bond acceptors (Lipinski definition) is 6. The molecule has 1 unspecified atom stereocenters. The van der Waals surface area contributed by atoms with E-state index in [0.29, 0.717) is 22.2 Å². The number of ether oxygens (including phenoxy) is 1. The van der Waals surface area contributed by atoms with Crippen LogP contribution in [-0.4, -0.2) is 49.6 Å². The predicted molar refractivity (Wildman–Crippen MR) is 114 cm³/mol.